The average Bonchev–Trinajstić information content (AvgIpc) is 2.76. The Bertz CT molecular complexity index is 400. The molecule has 3 nitrogen and oxygen atoms in total. The molecule has 2 unspecified atom stereocenters. The van der Waals surface area contributed by atoms with E-state index in [1.807, 2.05) is 25.1 Å². The molecule has 1 fully saturated rings. The second-order valence-corrected chi connectivity index (χ2v) is 5.41. The molecule has 0 aliphatic carbocycles. The quantitative estimate of drug-likeness (QED) is 0.932. The standard InChI is InChI=1S/C13H17BrO3/c1-13(6-3-7-17-13)12(15)10-5-4-9(16-2)8-11(10)14/h4-5,8,12,15H,3,6-7H2,1-2H3. The van der Waals surface area contributed by atoms with E-state index < -0.39 is 11.7 Å². The molecule has 4 heteroatoms. The monoisotopic (exact) mass is 300 g/mol. The van der Waals surface area contributed by atoms with E-state index in [1.54, 1.807) is 7.11 Å². The molecule has 1 aromatic rings. The van der Waals surface area contributed by atoms with Crippen LogP contribution in [-0.4, -0.2) is 24.4 Å². The maximum atomic E-state index is 10.4. The number of ether oxygens (including phenoxy) is 2. The second kappa shape index (κ2) is 4.96. The molecule has 0 bridgehead atoms. The molecule has 1 saturated heterocycles. The first-order valence-corrected chi connectivity index (χ1v) is 6.51. The van der Waals surface area contributed by atoms with Crippen LogP contribution in [0.4, 0.5) is 0 Å². The van der Waals surface area contributed by atoms with E-state index >= 15 is 0 Å². The van der Waals surface area contributed by atoms with Gasteiger partial charge in [0.05, 0.1) is 12.7 Å². The van der Waals surface area contributed by atoms with Crippen LogP contribution in [0.5, 0.6) is 5.75 Å². The van der Waals surface area contributed by atoms with Gasteiger partial charge in [0, 0.05) is 11.1 Å². The summed E-state index contributed by atoms with van der Waals surface area (Å²) in [5.74, 6) is 0.769. The molecule has 1 aromatic carbocycles. The first kappa shape index (κ1) is 12.9. The minimum Gasteiger partial charge on any atom is -0.497 e. The third-order valence-electron chi connectivity index (χ3n) is 3.33. The van der Waals surface area contributed by atoms with Gasteiger partial charge in [0.15, 0.2) is 0 Å². The summed E-state index contributed by atoms with van der Waals surface area (Å²) < 4.78 is 11.7. The van der Waals surface area contributed by atoms with E-state index in [0.29, 0.717) is 0 Å². The molecule has 1 heterocycles. The number of aliphatic hydroxyl groups excluding tert-OH is 1. The van der Waals surface area contributed by atoms with Gasteiger partial charge in [-0.1, -0.05) is 22.0 Å². The van der Waals surface area contributed by atoms with E-state index in [0.717, 1.165) is 35.2 Å². The highest BCUT2D eigenvalue weighted by Gasteiger charge is 2.39. The van der Waals surface area contributed by atoms with Crippen LogP contribution in [0.1, 0.15) is 31.4 Å². The number of aliphatic hydroxyl groups is 1. The normalized spacial score (nSPS) is 25.9. The molecule has 1 aliphatic heterocycles. The maximum Gasteiger partial charge on any atom is 0.120 e. The third kappa shape index (κ3) is 2.49. The highest BCUT2D eigenvalue weighted by atomic mass is 79.9. The fraction of sp³-hybridized carbons (Fsp3) is 0.538. The predicted molar refractivity (Wildman–Crippen MR) is 69.2 cm³/mol. The minimum absolute atomic E-state index is 0.475. The molecule has 94 valence electrons. The number of halogens is 1. The Morgan fingerprint density at radius 1 is 1.53 bits per heavy atom. The molecular weight excluding hydrogens is 284 g/mol. The summed E-state index contributed by atoms with van der Waals surface area (Å²) in [4.78, 5) is 0. The van der Waals surface area contributed by atoms with Crippen LogP contribution < -0.4 is 4.74 Å². The van der Waals surface area contributed by atoms with Crippen molar-refractivity contribution in [3.8, 4) is 5.75 Å². The van der Waals surface area contributed by atoms with Crippen LogP contribution in [0.15, 0.2) is 22.7 Å². The van der Waals surface area contributed by atoms with E-state index in [9.17, 15) is 5.11 Å². The van der Waals surface area contributed by atoms with Crippen LogP contribution in [0.3, 0.4) is 0 Å². The summed E-state index contributed by atoms with van der Waals surface area (Å²) in [5, 5.41) is 10.4. The largest absolute Gasteiger partial charge is 0.497 e. The first-order valence-electron chi connectivity index (χ1n) is 5.72. The number of hydrogen-bond acceptors (Lipinski definition) is 3. The zero-order valence-electron chi connectivity index (χ0n) is 10.1. The lowest BCUT2D eigenvalue weighted by molar-refractivity contribution is -0.0799. The minimum atomic E-state index is -0.620. The van der Waals surface area contributed by atoms with Gasteiger partial charge in [0.25, 0.3) is 0 Å². The molecule has 1 N–H and O–H groups in total. The first-order chi connectivity index (χ1) is 8.07. The van der Waals surface area contributed by atoms with E-state index in [2.05, 4.69) is 15.9 Å². The zero-order valence-corrected chi connectivity index (χ0v) is 11.7. The van der Waals surface area contributed by atoms with Crippen molar-refractivity contribution in [1.82, 2.24) is 0 Å². The lowest BCUT2D eigenvalue weighted by Gasteiger charge is -2.30. The molecule has 2 rings (SSSR count). The van der Waals surface area contributed by atoms with Crippen molar-refractivity contribution in [2.45, 2.75) is 31.5 Å². The molecule has 17 heavy (non-hydrogen) atoms. The Hall–Kier alpha value is -0.580. The highest BCUT2D eigenvalue weighted by Crippen LogP contribution is 2.40. The summed E-state index contributed by atoms with van der Waals surface area (Å²) >= 11 is 3.46. The number of rotatable bonds is 3. The molecule has 0 amide bonds. The van der Waals surface area contributed by atoms with Gasteiger partial charge in [-0.15, -0.1) is 0 Å². The molecule has 1 aliphatic rings. The van der Waals surface area contributed by atoms with Crippen molar-refractivity contribution in [2.24, 2.45) is 0 Å². The van der Waals surface area contributed by atoms with Crippen LogP contribution in [-0.2, 0) is 4.74 Å². The van der Waals surface area contributed by atoms with Crippen molar-refractivity contribution < 1.29 is 14.6 Å². The Balaban J connectivity index is 2.27. The van der Waals surface area contributed by atoms with Gasteiger partial charge in [0.2, 0.25) is 0 Å². The third-order valence-corrected chi connectivity index (χ3v) is 4.02. The van der Waals surface area contributed by atoms with Crippen molar-refractivity contribution in [3.05, 3.63) is 28.2 Å². The van der Waals surface area contributed by atoms with E-state index in [4.69, 9.17) is 9.47 Å². The molecular formula is C13H17BrO3. The smallest absolute Gasteiger partial charge is 0.120 e. The second-order valence-electron chi connectivity index (χ2n) is 4.55. The fourth-order valence-electron chi connectivity index (χ4n) is 2.20. The molecule has 0 aromatic heterocycles. The lowest BCUT2D eigenvalue weighted by atomic mass is 9.90. The summed E-state index contributed by atoms with van der Waals surface area (Å²) in [6, 6.07) is 5.58. The Morgan fingerprint density at radius 3 is 2.82 bits per heavy atom. The van der Waals surface area contributed by atoms with Gasteiger partial charge in [0.1, 0.15) is 11.9 Å². The van der Waals surface area contributed by atoms with Crippen molar-refractivity contribution >= 4 is 15.9 Å². The molecule has 0 saturated carbocycles. The van der Waals surface area contributed by atoms with Gasteiger partial charge >= 0.3 is 0 Å². The number of methoxy groups -OCH3 is 1. The van der Waals surface area contributed by atoms with Crippen LogP contribution in [0.2, 0.25) is 0 Å². The topological polar surface area (TPSA) is 38.7 Å². The molecule has 0 radical (unpaired) electrons. The highest BCUT2D eigenvalue weighted by molar-refractivity contribution is 9.10. The average molecular weight is 301 g/mol. The maximum absolute atomic E-state index is 10.4. The summed E-state index contributed by atoms with van der Waals surface area (Å²) in [6.07, 6.45) is 1.26. The van der Waals surface area contributed by atoms with E-state index in [-0.39, 0.29) is 0 Å². The van der Waals surface area contributed by atoms with Gasteiger partial charge in [-0.05, 0) is 37.5 Å². The van der Waals surface area contributed by atoms with Gasteiger partial charge < -0.3 is 14.6 Å². The number of benzene rings is 1. The SMILES string of the molecule is COc1ccc(C(O)C2(C)CCCO2)c(Br)c1. The Morgan fingerprint density at radius 2 is 2.29 bits per heavy atom. The van der Waals surface area contributed by atoms with Crippen LogP contribution in [0, 0.1) is 0 Å². The fourth-order valence-corrected chi connectivity index (χ4v) is 2.78. The van der Waals surface area contributed by atoms with Gasteiger partial charge in [-0.25, -0.2) is 0 Å². The van der Waals surface area contributed by atoms with Crippen molar-refractivity contribution in [3.63, 3.8) is 0 Å². The molecule has 0 spiro atoms. The lowest BCUT2D eigenvalue weighted by Crippen LogP contribution is -2.32. The molecule has 2 atom stereocenters. The van der Waals surface area contributed by atoms with E-state index in [1.165, 1.54) is 0 Å². The van der Waals surface area contributed by atoms with Crippen LogP contribution in [0.25, 0.3) is 0 Å². The van der Waals surface area contributed by atoms with Crippen molar-refractivity contribution in [1.29, 1.82) is 0 Å². The number of hydrogen-bond donors (Lipinski definition) is 1. The van der Waals surface area contributed by atoms with Crippen LogP contribution >= 0.6 is 15.9 Å². The van der Waals surface area contributed by atoms with Gasteiger partial charge in [-0.3, -0.25) is 0 Å². The summed E-state index contributed by atoms with van der Waals surface area (Å²) in [6.45, 7) is 2.68. The van der Waals surface area contributed by atoms with Gasteiger partial charge in [-0.2, -0.15) is 0 Å². The van der Waals surface area contributed by atoms with Crippen molar-refractivity contribution in [2.75, 3.05) is 13.7 Å². The Kier molecular flexibility index (Phi) is 3.76. The Labute approximate surface area is 110 Å². The zero-order chi connectivity index (χ0) is 12.5. The predicted octanol–water partition coefficient (Wildman–Crippen LogP) is 3.06. The summed E-state index contributed by atoms with van der Waals surface area (Å²) in [5.41, 5.74) is 0.368. The summed E-state index contributed by atoms with van der Waals surface area (Å²) in [7, 11) is 1.62.